The number of anilines is 1. The molecule has 1 saturated heterocycles. The van der Waals surface area contributed by atoms with Gasteiger partial charge in [0.15, 0.2) is 11.5 Å². The first-order valence-corrected chi connectivity index (χ1v) is 9.79. The molecule has 1 amide bonds. The second-order valence-electron chi connectivity index (χ2n) is 7.45. The first-order valence-electron chi connectivity index (χ1n) is 9.79. The van der Waals surface area contributed by atoms with Gasteiger partial charge in [0.1, 0.15) is 0 Å². The van der Waals surface area contributed by atoms with Gasteiger partial charge in [-0.3, -0.25) is 9.69 Å². The van der Waals surface area contributed by atoms with E-state index in [0.717, 1.165) is 49.9 Å². The van der Waals surface area contributed by atoms with Gasteiger partial charge in [-0.05, 0) is 48.7 Å². The van der Waals surface area contributed by atoms with E-state index >= 15 is 0 Å². The van der Waals surface area contributed by atoms with Crippen LogP contribution in [0.5, 0.6) is 11.5 Å². The molecule has 4 rings (SSSR count). The molecule has 0 unspecified atom stereocenters. The summed E-state index contributed by atoms with van der Waals surface area (Å²) in [5.74, 6) is 1.79. The van der Waals surface area contributed by atoms with Gasteiger partial charge in [-0.15, -0.1) is 0 Å². The molecule has 1 fully saturated rings. The molecule has 0 spiro atoms. The fourth-order valence-electron chi connectivity index (χ4n) is 3.68. The Labute approximate surface area is 166 Å². The summed E-state index contributed by atoms with van der Waals surface area (Å²) in [6, 6.07) is 12.2. The molecule has 6 heteroatoms. The summed E-state index contributed by atoms with van der Waals surface area (Å²) in [6.45, 7) is 8.95. The van der Waals surface area contributed by atoms with Gasteiger partial charge in [0, 0.05) is 38.4 Å². The Morgan fingerprint density at radius 2 is 1.82 bits per heavy atom. The van der Waals surface area contributed by atoms with E-state index < -0.39 is 0 Å². The molecular weight excluding hydrogens is 354 g/mol. The van der Waals surface area contributed by atoms with Crippen LogP contribution >= 0.6 is 0 Å². The number of carbonyl (C=O) groups excluding carboxylic acids is 1. The predicted molar refractivity (Wildman–Crippen MR) is 109 cm³/mol. The highest BCUT2D eigenvalue weighted by Crippen LogP contribution is 2.32. The lowest BCUT2D eigenvalue weighted by Gasteiger charge is -2.35. The van der Waals surface area contributed by atoms with Gasteiger partial charge in [0.2, 0.25) is 12.7 Å². The van der Waals surface area contributed by atoms with Crippen molar-refractivity contribution in [2.24, 2.45) is 0 Å². The van der Waals surface area contributed by atoms with E-state index in [9.17, 15) is 4.79 Å². The van der Waals surface area contributed by atoms with E-state index in [2.05, 4.69) is 36.2 Å². The van der Waals surface area contributed by atoms with E-state index in [-0.39, 0.29) is 5.91 Å². The number of hydrogen-bond donors (Lipinski definition) is 1. The third-order valence-electron chi connectivity index (χ3n) is 5.60. The second kappa shape index (κ2) is 8.10. The largest absolute Gasteiger partial charge is 0.454 e. The zero-order chi connectivity index (χ0) is 19.5. The normalized spacial score (nSPS) is 16.3. The lowest BCUT2D eigenvalue weighted by atomic mass is 10.1. The molecule has 0 bridgehead atoms. The molecule has 0 aliphatic carbocycles. The molecule has 1 N–H and O–H groups in total. The number of ether oxygens (including phenoxy) is 2. The lowest BCUT2D eigenvalue weighted by molar-refractivity contribution is -0.131. The van der Waals surface area contributed by atoms with Crippen LogP contribution in [0.15, 0.2) is 36.4 Å². The van der Waals surface area contributed by atoms with Crippen molar-refractivity contribution in [2.45, 2.75) is 20.4 Å². The number of carbonyl (C=O) groups is 1. The maximum absolute atomic E-state index is 12.6. The van der Waals surface area contributed by atoms with Crippen LogP contribution in [-0.4, -0.2) is 55.2 Å². The molecule has 0 aromatic heterocycles. The first-order chi connectivity index (χ1) is 13.6. The number of hydrogen-bond acceptors (Lipinski definition) is 5. The van der Waals surface area contributed by atoms with E-state index in [0.29, 0.717) is 13.3 Å². The van der Waals surface area contributed by atoms with E-state index in [1.165, 1.54) is 16.7 Å². The average molecular weight is 381 g/mol. The maximum atomic E-state index is 12.6. The molecule has 0 saturated carbocycles. The van der Waals surface area contributed by atoms with Gasteiger partial charge >= 0.3 is 0 Å². The van der Waals surface area contributed by atoms with Crippen LogP contribution in [0, 0.1) is 13.8 Å². The zero-order valence-corrected chi connectivity index (χ0v) is 16.5. The number of aryl methyl sites for hydroxylation is 1. The summed E-state index contributed by atoms with van der Waals surface area (Å²) in [5.41, 5.74) is 4.67. The van der Waals surface area contributed by atoms with Crippen molar-refractivity contribution < 1.29 is 14.3 Å². The monoisotopic (exact) mass is 381 g/mol. The van der Waals surface area contributed by atoms with Crippen LogP contribution in [0.3, 0.4) is 0 Å². The maximum Gasteiger partial charge on any atom is 0.241 e. The van der Waals surface area contributed by atoms with Gasteiger partial charge in [0.05, 0.1) is 6.54 Å². The molecule has 2 heterocycles. The first kappa shape index (κ1) is 18.6. The van der Waals surface area contributed by atoms with Crippen LogP contribution in [0.25, 0.3) is 0 Å². The molecule has 2 aliphatic heterocycles. The molecule has 2 aliphatic rings. The van der Waals surface area contributed by atoms with Crippen LogP contribution < -0.4 is 14.8 Å². The number of amides is 1. The van der Waals surface area contributed by atoms with Crippen LogP contribution in [0.1, 0.15) is 16.7 Å². The Bertz CT molecular complexity index is 860. The molecule has 2 aromatic rings. The fraction of sp³-hybridized carbons (Fsp3) is 0.409. The summed E-state index contributed by atoms with van der Waals surface area (Å²) in [5, 5.41) is 3.30. The Morgan fingerprint density at radius 3 is 2.64 bits per heavy atom. The number of piperazine rings is 1. The van der Waals surface area contributed by atoms with Gasteiger partial charge in [-0.25, -0.2) is 0 Å². The third kappa shape index (κ3) is 4.07. The Morgan fingerprint density at radius 1 is 1.04 bits per heavy atom. The van der Waals surface area contributed by atoms with Crippen LogP contribution in [0.4, 0.5) is 5.69 Å². The minimum absolute atomic E-state index is 0.156. The smallest absolute Gasteiger partial charge is 0.241 e. The summed E-state index contributed by atoms with van der Waals surface area (Å²) in [6.07, 6.45) is 0. The molecule has 0 atom stereocenters. The second-order valence-corrected chi connectivity index (χ2v) is 7.45. The highest BCUT2D eigenvalue weighted by Gasteiger charge is 2.22. The summed E-state index contributed by atoms with van der Waals surface area (Å²) in [4.78, 5) is 16.9. The summed E-state index contributed by atoms with van der Waals surface area (Å²) < 4.78 is 10.8. The van der Waals surface area contributed by atoms with E-state index in [1.54, 1.807) is 0 Å². The van der Waals surface area contributed by atoms with Crippen molar-refractivity contribution >= 4 is 11.6 Å². The van der Waals surface area contributed by atoms with E-state index in [4.69, 9.17) is 9.47 Å². The number of rotatable bonds is 5. The average Bonchev–Trinajstić information content (AvgIpc) is 3.17. The zero-order valence-electron chi connectivity index (χ0n) is 16.5. The Balaban J connectivity index is 1.25. The molecule has 28 heavy (non-hydrogen) atoms. The summed E-state index contributed by atoms with van der Waals surface area (Å²) in [7, 11) is 0. The van der Waals surface area contributed by atoms with Gasteiger partial charge in [0.25, 0.3) is 0 Å². The molecular formula is C22H27N3O3. The van der Waals surface area contributed by atoms with Gasteiger partial charge in [-0.2, -0.15) is 0 Å². The molecule has 0 radical (unpaired) electrons. The van der Waals surface area contributed by atoms with Crippen molar-refractivity contribution in [3.63, 3.8) is 0 Å². The van der Waals surface area contributed by atoms with Gasteiger partial charge in [-0.1, -0.05) is 18.2 Å². The SMILES string of the molecule is Cc1cccc(NCC(=O)N2CCN(Cc3ccc4c(c3)OCO4)CC2)c1C. The standard InChI is InChI=1S/C22H27N3O3/c1-16-4-3-5-19(17(16)2)23-13-22(26)25-10-8-24(9-11-25)14-18-6-7-20-21(12-18)28-15-27-20/h3-7,12,23H,8-11,13-15H2,1-2H3. The minimum Gasteiger partial charge on any atom is -0.454 e. The van der Waals surface area contributed by atoms with Crippen LogP contribution in [-0.2, 0) is 11.3 Å². The van der Waals surface area contributed by atoms with E-state index in [1.807, 2.05) is 29.2 Å². The number of nitrogens with one attached hydrogen (secondary N) is 1. The quantitative estimate of drug-likeness (QED) is 0.863. The highest BCUT2D eigenvalue weighted by atomic mass is 16.7. The predicted octanol–water partition coefficient (Wildman–Crippen LogP) is 2.79. The third-order valence-corrected chi connectivity index (χ3v) is 5.60. The Kier molecular flexibility index (Phi) is 5.39. The Hall–Kier alpha value is -2.73. The van der Waals surface area contributed by atoms with Crippen molar-refractivity contribution in [3.05, 3.63) is 53.1 Å². The van der Waals surface area contributed by atoms with Crippen molar-refractivity contribution in [1.82, 2.24) is 9.80 Å². The number of fused-ring (bicyclic) bond motifs is 1. The lowest BCUT2D eigenvalue weighted by Crippen LogP contribution is -2.49. The van der Waals surface area contributed by atoms with Crippen molar-refractivity contribution in [2.75, 3.05) is 44.8 Å². The van der Waals surface area contributed by atoms with Gasteiger partial charge < -0.3 is 19.7 Å². The number of nitrogens with zero attached hydrogens (tertiary/aromatic N) is 2. The minimum atomic E-state index is 0.156. The van der Waals surface area contributed by atoms with Crippen molar-refractivity contribution in [3.8, 4) is 11.5 Å². The van der Waals surface area contributed by atoms with Crippen molar-refractivity contribution in [1.29, 1.82) is 0 Å². The highest BCUT2D eigenvalue weighted by molar-refractivity contribution is 5.81. The number of benzene rings is 2. The molecule has 2 aromatic carbocycles. The van der Waals surface area contributed by atoms with Crippen LogP contribution in [0.2, 0.25) is 0 Å². The molecule has 6 nitrogen and oxygen atoms in total. The molecule has 148 valence electrons. The topological polar surface area (TPSA) is 54.0 Å². The summed E-state index contributed by atoms with van der Waals surface area (Å²) >= 11 is 0. The fourth-order valence-corrected chi connectivity index (χ4v) is 3.68.